The minimum atomic E-state index is -0.804. The van der Waals surface area contributed by atoms with E-state index in [1.807, 2.05) is 0 Å². The van der Waals surface area contributed by atoms with E-state index in [4.69, 9.17) is 9.47 Å². The number of methoxy groups -OCH3 is 2. The number of likely N-dealkylation sites (tertiary alicyclic amines) is 1. The van der Waals surface area contributed by atoms with Crippen molar-refractivity contribution in [3.05, 3.63) is 65.2 Å². The number of Topliss-reactive ketones (excluding diaryl/α,β-unsaturated/α-hetero) is 1. The zero-order valence-electron chi connectivity index (χ0n) is 16.3. The Hall–Kier alpha value is -3.32. The number of amides is 1. The standard InChI is InChI=1S/C22H23NO6/c1-28-16-10-9-15(13-17(16)29-2)19-18(20(25)14-7-4-3-5-8-14)21(26)22(27)23(19)11-6-12-24/h3-5,7-10,13,19,24-25H,6,11-12H2,1-2H3/b20-18+. The molecule has 3 rings (SSSR count). The minimum absolute atomic E-state index is 0.00589. The predicted octanol–water partition coefficient (Wildman–Crippen LogP) is 2.51. The Morgan fingerprint density at radius 1 is 1.03 bits per heavy atom. The number of nitrogens with zero attached hydrogens (tertiary/aromatic N) is 1. The third-order valence-corrected chi connectivity index (χ3v) is 4.87. The molecule has 152 valence electrons. The first kappa shape index (κ1) is 20.4. The fourth-order valence-electron chi connectivity index (χ4n) is 3.47. The van der Waals surface area contributed by atoms with Gasteiger partial charge in [0.2, 0.25) is 0 Å². The van der Waals surface area contributed by atoms with Crippen LogP contribution in [0.2, 0.25) is 0 Å². The van der Waals surface area contributed by atoms with E-state index in [1.165, 1.54) is 19.1 Å². The Morgan fingerprint density at radius 3 is 2.34 bits per heavy atom. The van der Waals surface area contributed by atoms with Gasteiger partial charge in [0.1, 0.15) is 5.76 Å². The number of benzene rings is 2. The Kier molecular flexibility index (Phi) is 6.19. The summed E-state index contributed by atoms with van der Waals surface area (Å²) in [7, 11) is 3.01. The molecule has 0 spiro atoms. The van der Waals surface area contributed by atoms with Crippen molar-refractivity contribution in [3.63, 3.8) is 0 Å². The van der Waals surface area contributed by atoms with Gasteiger partial charge in [-0.05, 0) is 24.1 Å². The molecule has 7 heteroatoms. The summed E-state index contributed by atoms with van der Waals surface area (Å²) in [4.78, 5) is 26.9. The predicted molar refractivity (Wildman–Crippen MR) is 107 cm³/mol. The summed E-state index contributed by atoms with van der Waals surface area (Å²) in [6.07, 6.45) is 0.308. The molecule has 1 aliphatic rings. The lowest BCUT2D eigenvalue weighted by molar-refractivity contribution is -0.140. The third kappa shape index (κ3) is 3.82. The summed E-state index contributed by atoms with van der Waals surface area (Å²) in [5.74, 6) is -0.765. The highest BCUT2D eigenvalue weighted by molar-refractivity contribution is 6.46. The fraction of sp³-hybridized carbons (Fsp3) is 0.273. The molecule has 1 fully saturated rings. The molecule has 1 heterocycles. The number of aliphatic hydroxyl groups is 2. The highest BCUT2D eigenvalue weighted by Gasteiger charge is 2.46. The molecule has 1 saturated heterocycles. The number of hydrogen-bond acceptors (Lipinski definition) is 6. The molecule has 2 N–H and O–H groups in total. The Bertz CT molecular complexity index is 938. The zero-order valence-corrected chi connectivity index (χ0v) is 16.3. The molecule has 0 aliphatic carbocycles. The van der Waals surface area contributed by atoms with Gasteiger partial charge < -0.3 is 24.6 Å². The molecule has 1 unspecified atom stereocenters. The number of carbonyl (C=O) groups is 2. The molecule has 0 saturated carbocycles. The van der Waals surface area contributed by atoms with E-state index in [0.717, 1.165) is 0 Å². The largest absolute Gasteiger partial charge is 0.507 e. The first-order valence-corrected chi connectivity index (χ1v) is 9.20. The average molecular weight is 397 g/mol. The van der Waals surface area contributed by atoms with E-state index < -0.39 is 17.7 Å². The molecule has 1 aliphatic heterocycles. The van der Waals surface area contributed by atoms with Crippen LogP contribution in [0, 0.1) is 0 Å². The first-order chi connectivity index (χ1) is 14.0. The van der Waals surface area contributed by atoms with Gasteiger partial charge >= 0.3 is 0 Å². The maximum Gasteiger partial charge on any atom is 0.295 e. The van der Waals surface area contributed by atoms with Gasteiger partial charge in [0.05, 0.1) is 25.8 Å². The van der Waals surface area contributed by atoms with Gasteiger partial charge in [-0.3, -0.25) is 9.59 Å². The quantitative estimate of drug-likeness (QED) is 0.423. The second-order valence-electron chi connectivity index (χ2n) is 6.55. The van der Waals surface area contributed by atoms with Crippen LogP contribution in [0.4, 0.5) is 0 Å². The van der Waals surface area contributed by atoms with Crippen LogP contribution in [0.5, 0.6) is 11.5 Å². The third-order valence-electron chi connectivity index (χ3n) is 4.87. The van der Waals surface area contributed by atoms with Crippen LogP contribution in [0.25, 0.3) is 5.76 Å². The molecule has 0 radical (unpaired) electrons. The molecule has 0 bridgehead atoms. The Balaban J connectivity index is 2.18. The van der Waals surface area contributed by atoms with E-state index in [0.29, 0.717) is 29.0 Å². The minimum Gasteiger partial charge on any atom is -0.507 e. The lowest BCUT2D eigenvalue weighted by Crippen LogP contribution is -2.31. The van der Waals surface area contributed by atoms with Crippen molar-refractivity contribution in [1.29, 1.82) is 0 Å². The molecule has 2 aromatic carbocycles. The summed E-state index contributed by atoms with van der Waals surface area (Å²) in [6.45, 7) is 0.0476. The maximum absolute atomic E-state index is 12.8. The van der Waals surface area contributed by atoms with E-state index in [9.17, 15) is 19.8 Å². The monoisotopic (exact) mass is 397 g/mol. The normalized spacial score (nSPS) is 18.2. The topological polar surface area (TPSA) is 96.3 Å². The Morgan fingerprint density at radius 2 is 1.72 bits per heavy atom. The van der Waals surface area contributed by atoms with Crippen LogP contribution in [0.3, 0.4) is 0 Å². The summed E-state index contributed by atoms with van der Waals surface area (Å²) in [5.41, 5.74) is 1.04. The zero-order chi connectivity index (χ0) is 21.0. The second-order valence-corrected chi connectivity index (χ2v) is 6.55. The van der Waals surface area contributed by atoms with Gasteiger partial charge in [0.25, 0.3) is 11.7 Å². The van der Waals surface area contributed by atoms with Gasteiger partial charge in [-0.1, -0.05) is 36.4 Å². The molecule has 1 amide bonds. The van der Waals surface area contributed by atoms with Crippen LogP contribution >= 0.6 is 0 Å². The van der Waals surface area contributed by atoms with Gasteiger partial charge in [-0.15, -0.1) is 0 Å². The molecule has 0 aromatic heterocycles. The smallest absolute Gasteiger partial charge is 0.295 e. The van der Waals surface area contributed by atoms with Crippen LogP contribution in [0.15, 0.2) is 54.1 Å². The first-order valence-electron chi connectivity index (χ1n) is 9.20. The van der Waals surface area contributed by atoms with Crippen LogP contribution in [0.1, 0.15) is 23.6 Å². The maximum atomic E-state index is 12.8. The van der Waals surface area contributed by atoms with Gasteiger partial charge in [0.15, 0.2) is 11.5 Å². The highest BCUT2D eigenvalue weighted by atomic mass is 16.5. The molecule has 2 aromatic rings. The Labute approximate surface area is 168 Å². The molecular formula is C22H23NO6. The van der Waals surface area contributed by atoms with Crippen molar-refractivity contribution in [2.75, 3.05) is 27.4 Å². The van der Waals surface area contributed by atoms with Gasteiger partial charge in [-0.2, -0.15) is 0 Å². The summed E-state index contributed by atoms with van der Waals surface area (Å²) >= 11 is 0. The lowest BCUT2D eigenvalue weighted by Gasteiger charge is -2.25. The highest BCUT2D eigenvalue weighted by Crippen LogP contribution is 2.41. The summed E-state index contributed by atoms with van der Waals surface area (Å²) in [6, 6.07) is 12.9. The fourth-order valence-corrected chi connectivity index (χ4v) is 3.47. The van der Waals surface area contributed by atoms with Crippen molar-refractivity contribution in [3.8, 4) is 11.5 Å². The number of carbonyl (C=O) groups excluding carboxylic acids is 2. The van der Waals surface area contributed by atoms with Crippen molar-refractivity contribution in [1.82, 2.24) is 4.90 Å². The molecule has 1 atom stereocenters. The van der Waals surface area contributed by atoms with Crippen molar-refractivity contribution >= 4 is 17.4 Å². The second kappa shape index (κ2) is 8.79. The van der Waals surface area contributed by atoms with Crippen LogP contribution < -0.4 is 9.47 Å². The number of aliphatic hydroxyl groups excluding tert-OH is 2. The number of rotatable bonds is 7. The van der Waals surface area contributed by atoms with Crippen molar-refractivity contribution < 1.29 is 29.3 Å². The van der Waals surface area contributed by atoms with Gasteiger partial charge in [-0.25, -0.2) is 0 Å². The van der Waals surface area contributed by atoms with Crippen LogP contribution in [-0.2, 0) is 9.59 Å². The molecular weight excluding hydrogens is 374 g/mol. The van der Waals surface area contributed by atoms with E-state index in [-0.39, 0.29) is 24.5 Å². The van der Waals surface area contributed by atoms with Crippen LogP contribution in [-0.4, -0.2) is 54.2 Å². The lowest BCUT2D eigenvalue weighted by atomic mass is 9.95. The molecule has 7 nitrogen and oxygen atoms in total. The number of ketones is 1. The summed E-state index contributed by atoms with van der Waals surface area (Å²) < 4.78 is 10.6. The van der Waals surface area contributed by atoms with E-state index in [1.54, 1.807) is 48.5 Å². The number of hydrogen-bond donors (Lipinski definition) is 2. The van der Waals surface area contributed by atoms with E-state index >= 15 is 0 Å². The summed E-state index contributed by atoms with van der Waals surface area (Å²) in [5, 5.41) is 20.1. The van der Waals surface area contributed by atoms with Crippen molar-refractivity contribution in [2.24, 2.45) is 0 Å². The van der Waals surface area contributed by atoms with Gasteiger partial charge in [0, 0.05) is 18.7 Å². The number of ether oxygens (including phenoxy) is 2. The molecule has 29 heavy (non-hydrogen) atoms. The SMILES string of the molecule is COc1ccc(C2/C(=C(\O)c3ccccc3)C(=O)C(=O)N2CCCO)cc1OC. The average Bonchev–Trinajstić information content (AvgIpc) is 3.01. The van der Waals surface area contributed by atoms with E-state index in [2.05, 4.69) is 0 Å². The van der Waals surface area contributed by atoms with Crippen molar-refractivity contribution in [2.45, 2.75) is 12.5 Å².